The molecule has 0 aliphatic carbocycles. The number of imide groups is 1. The second kappa shape index (κ2) is 7.71. The van der Waals surface area contributed by atoms with Crippen LogP contribution in [0, 0.1) is 0 Å². The summed E-state index contributed by atoms with van der Waals surface area (Å²) in [5.74, 6) is -1.14. The van der Waals surface area contributed by atoms with Crippen molar-refractivity contribution >= 4 is 34.8 Å². The molecule has 0 saturated carbocycles. The molecule has 9 heteroatoms. The number of hydrogen-bond donors (Lipinski definition) is 2. The van der Waals surface area contributed by atoms with Crippen LogP contribution in [0.25, 0.3) is 11.0 Å². The van der Waals surface area contributed by atoms with Crippen molar-refractivity contribution in [1.82, 2.24) is 15.5 Å². The molecule has 0 radical (unpaired) electrons. The van der Waals surface area contributed by atoms with E-state index in [0.717, 1.165) is 10.3 Å². The fourth-order valence-electron chi connectivity index (χ4n) is 3.00. The van der Waals surface area contributed by atoms with Crippen LogP contribution in [0.3, 0.4) is 0 Å². The van der Waals surface area contributed by atoms with Gasteiger partial charge in [0, 0.05) is 18.4 Å². The number of urea groups is 1. The van der Waals surface area contributed by atoms with Crippen molar-refractivity contribution in [1.29, 1.82) is 0 Å². The number of rotatable bonds is 7. The van der Waals surface area contributed by atoms with Gasteiger partial charge in [0.2, 0.25) is 5.91 Å². The third kappa shape index (κ3) is 3.68. The van der Waals surface area contributed by atoms with Crippen molar-refractivity contribution in [3.05, 3.63) is 36.1 Å². The van der Waals surface area contributed by atoms with E-state index >= 15 is 0 Å². The van der Waals surface area contributed by atoms with Gasteiger partial charge in [-0.3, -0.25) is 19.3 Å². The third-order valence-corrected chi connectivity index (χ3v) is 4.60. The SMILES string of the molecule is COC(=O)CCCNC(=O)CN1C(=O)N[C@](C)(c2cc3ccccc3o2)C1=O. The summed E-state index contributed by atoms with van der Waals surface area (Å²) < 4.78 is 10.2. The molecular weight excluding hydrogens is 366 g/mol. The maximum atomic E-state index is 12.8. The molecule has 1 atom stereocenters. The van der Waals surface area contributed by atoms with E-state index < -0.39 is 29.9 Å². The molecule has 3 rings (SSSR count). The topological polar surface area (TPSA) is 118 Å². The Hall–Kier alpha value is -3.36. The molecule has 0 spiro atoms. The van der Waals surface area contributed by atoms with E-state index in [-0.39, 0.29) is 18.9 Å². The molecule has 2 N–H and O–H groups in total. The summed E-state index contributed by atoms with van der Waals surface area (Å²) in [6, 6.07) is 8.29. The standard InChI is InChI=1S/C19H21N3O6/c1-19(14-10-12-6-3-4-7-13(12)28-14)17(25)22(18(26)21-19)11-15(23)20-9-5-8-16(24)27-2/h3-4,6-7,10H,5,8-9,11H2,1-2H3,(H,20,23)(H,21,26)/t19-/m1/s1. The van der Waals surface area contributed by atoms with E-state index in [9.17, 15) is 19.2 Å². The Morgan fingerprint density at radius 1 is 1.29 bits per heavy atom. The van der Waals surface area contributed by atoms with Crippen LogP contribution >= 0.6 is 0 Å². The Morgan fingerprint density at radius 3 is 2.75 bits per heavy atom. The lowest BCUT2D eigenvalue weighted by Gasteiger charge is -2.18. The number of nitrogens with one attached hydrogen (secondary N) is 2. The number of carbonyl (C=O) groups excluding carboxylic acids is 4. The molecular formula is C19H21N3O6. The van der Waals surface area contributed by atoms with Crippen LogP contribution < -0.4 is 10.6 Å². The minimum Gasteiger partial charge on any atom is -0.469 e. The van der Waals surface area contributed by atoms with Crippen LogP contribution in [-0.4, -0.2) is 48.9 Å². The number of para-hydroxylation sites is 1. The van der Waals surface area contributed by atoms with Crippen molar-refractivity contribution in [3.63, 3.8) is 0 Å². The molecule has 1 aromatic carbocycles. The lowest BCUT2D eigenvalue weighted by molar-refractivity contribution is -0.140. The van der Waals surface area contributed by atoms with E-state index in [1.165, 1.54) is 7.11 Å². The molecule has 9 nitrogen and oxygen atoms in total. The first kappa shape index (κ1) is 19.4. The zero-order valence-electron chi connectivity index (χ0n) is 15.6. The van der Waals surface area contributed by atoms with Gasteiger partial charge in [0.25, 0.3) is 5.91 Å². The molecule has 1 aliphatic rings. The molecule has 1 saturated heterocycles. The Balaban J connectivity index is 1.64. The summed E-state index contributed by atoms with van der Waals surface area (Å²) in [5.41, 5.74) is -0.788. The van der Waals surface area contributed by atoms with Gasteiger partial charge in [-0.1, -0.05) is 18.2 Å². The van der Waals surface area contributed by atoms with Gasteiger partial charge < -0.3 is 19.8 Å². The number of benzene rings is 1. The minimum atomic E-state index is -1.39. The first-order valence-corrected chi connectivity index (χ1v) is 8.82. The second-order valence-electron chi connectivity index (χ2n) is 6.62. The van der Waals surface area contributed by atoms with Crippen LogP contribution in [-0.2, 0) is 24.7 Å². The Morgan fingerprint density at radius 2 is 2.04 bits per heavy atom. The zero-order chi connectivity index (χ0) is 20.3. The summed E-state index contributed by atoms with van der Waals surface area (Å²) in [4.78, 5) is 49.1. The maximum Gasteiger partial charge on any atom is 0.325 e. The Bertz CT molecular complexity index is 904. The average molecular weight is 387 g/mol. The first-order chi connectivity index (χ1) is 13.3. The molecule has 28 heavy (non-hydrogen) atoms. The van der Waals surface area contributed by atoms with Crippen molar-refractivity contribution in [3.8, 4) is 0 Å². The monoisotopic (exact) mass is 387 g/mol. The summed E-state index contributed by atoms with van der Waals surface area (Å²) in [6.07, 6.45) is 0.569. The largest absolute Gasteiger partial charge is 0.469 e. The van der Waals surface area contributed by atoms with E-state index in [2.05, 4.69) is 15.4 Å². The number of amides is 4. The molecule has 0 unspecified atom stereocenters. The van der Waals surface area contributed by atoms with Gasteiger partial charge in [-0.25, -0.2) is 4.79 Å². The lowest BCUT2D eigenvalue weighted by atomic mass is 9.99. The molecule has 1 aliphatic heterocycles. The quantitative estimate of drug-likeness (QED) is 0.420. The zero-order valence-corrected chi connectivity index (χ0v) is 15.6. The van der Waals surface area contributed by atoms with E-state index in [4.69, 9.17) is 4.42 Å². The van der Waals surface area contributed by atoms with Gasteiger partial charge in [-0.15, -0.1) is 0 Å². The third-order valence-electron chi connectivity index (χ3n) is 4.60. The predicted octanol–water partition coefficient (Wildman–Crippen LogP) is 1.27. The summed E-state index contributed by atoms with van der Waals surface area (Å²) in [6.45, 7) is 1.36. The van der Waals surface area contributed by atoms with Gasteiger partial charge in [0.15, 0.2) is 5.54 Å². The number of nitrogens with zero attached hydrogens (tertiary/aromatic N) is 1. The van der Waals surface area contributed by atoms with E-state index in [1.807, 2.05) is 18.2 Å². The number of fused-ring (bicyclic) bond motifs is 1. The summed E-state index contributed by atoms with van der Waals surface area (Å²) in [7, 11) is 1.29. The van der Waals surface area contributed by atoms with E-state index in [1.54, 1.807) is 19.1 Å². The van der Waals surface area contributed by atoms with Crippen molar-refractivity contribution in [2.75, 3.05) is 20.2 Å². The van der Waals surface area contributed by atoms with Gasteiger partial charge >= 0.3 is 12.0 Å². The molecule has 0 bridgehead atoms. The first-order valence-electron chi connectivity index (χ1n) is 8.82. The molecule has 148 valence electrons. The highest BCUT2D eigenvalue weighted by molar-refractivity contribution is 6.09. The van der Waals surface area contributed by atoms with Crippen molar-refractivity contribution < 1.29 is 28.3 Å². The Labute approximate surface area is 161 Å². The molecule has 2 aromatic rings. The number of methoxy groups -OCH3 is 1. The molecule has 1 aromatic heterocycles. The smallest absolute Gasteiger partial charge is 0.325 e. The highest BCUT2D eigenvalue weighted by atomic mass is 16.5. The number of carbonyl (C=O) groups is 4. The molecule has 1 fully saturated rings. The van der Waals surface area contributed by atoms with E-state index in [0.29, 0.717) is 17.8 Å². The van der Waals surface area contributed by atoms with Crippen LogP contribution in [0.2, 0.25) is 0 Å². The highest BCUT2D eigenvalue weighted by Gasteiger charge is 2.51. The van der Waals surface area contributed by atoms with Crippen LogP contribution in [0.1, 0.15) is 25.5 Å². The van der Waals surface area contributed by atoms with Gasteiger partial charge in [0.1, 0.15) is 17.9 Å². The van der Waals surface area contributed by atoms with Crippen LogP contribution in [0.15, 0.2) is 34.7 Å². The van der Waals surface area contributed by atoms with Crippen LogP contribution in [0.5, 0.6) is 0 Å². The average Bonchev–Trinajstić information content (AvgIpc) is 3.21. The van der Waals surface area contributed by atoms with Crippen LogP contribution in [0.4, 0.5) is 4.79 Å². The predicted molar refractivity (Wildman–Crippen MR) is 98.1 cm³/mol. The number of furan rings is 1. The molecule has 2 heterocycles. The number of esters is 1. The Kier molecular flexibility index (Phi) is 5.34. The van der Waals surface area contributed by atoms with Crippen molar-refractivity contribution in [2.45, 2.75) is 25.3 Å². The number of hydrogen-bond acceptors (Lipinski definition) is 6. The lowest BCUT2D eigenvalue weighted by Crippen LogP contribution is -2.43. The summed E-state index contributed by atoms with van der Waals surface area (Å²) >= 11 is 0. The van der Waals surface area contributed by atoms with Gasteiger partial charge in [-0.2, -0.15) is 0 Å². The fraction of sp³-hybridized carbons (Fsp3) is 0.368. The maximum absolute atomic E-state index is 12.8. The normalized spacial score (nSPS) is 19.0. The second-order valence-corrected chi connectivity index (χ2v) is 6.62. The molecule has 4 amide bonds. The van der Waals surface area contributed by atoms with Gasteiger partial charge in [-0.05, 0) is 25.5 Å². The minimum absolute atomic E-state index is 0.171. The van der Waals surface area contributed by atoms with Crippen molar-refractivity contribution in [2.24, 2.45) is 0 Å². The summed E-state index contributed by atoms with van der Waals surface area (Å²) in [5, 5.41) is 5.99. The van der Waals surface area contributed by atoms with Gasteiger partial charge in [0.05, 0.1) is 7.11 Å². The number of ether oxygens (including phenoxy) is 1. The fourth-order valence-corrected chi connectivity index (χ4v) is 3.00. The highest BCUT2D eigenvalue weighted by Crippen LogP contribution is 2.32.